The molecule has 0 heterocycles. The zero-order valence-electron chi connectivity index (χ0n) is 15.3. The third kappa shape index (κ3) is 2.23. The number of allylic oxidation sites excluding steroid dienone is 1. The highest BCUT2D eigenvalue weighted by atomic mass is 16.5. The van der Waals surface area contributed by atoms with Crippen molar-refractivity contribution in [3.63, 3.8) is 0 Å². The highest BCUT2D eigenvalue weighted by Crippen LogP contribution is 2.64. The van der Waals surface area contributed by atoms with Crippen molar-refractivity contribution in [2.45, 2.75) is 78.2 Å². The molecule has 1 unspecified atom stereocenters. The lowest BCUT2D eigenvalue weighted by molar-refractivity contribution is -0.145. The Morgan fingerprint density at radius 1 is 1.04 bits per heavy atom. The molecule has 132 valence electrons. The molecule has 0 radical (unpaired) electrons. The summed E-state index contributed by atoms with van der Waals surface area (Å²) >= 11 is 0. The Bertz CT molecular complexity index is 606. The minimum Gasteiger partial charge on any atom is -0.458 e. The molecular formula is C21H30O3. The van der Waals surface area contributed by atoms with Crippen LogP contribution in [0, 0.1) is 28.6 Å². The minimum atomic E-state index is -0.174. The van der Waals surface area contributed by atoms with E-state index in [1.54, 1.807) is 0 Å². The van der Waals surface area contributed by atoms with Gasteiger partial charge in [-0.15, -0.1) is 0 Å². The first-order valence-electron chi connectivity index (χ1n) is 9.76. The molecule has 3 fully saturated rings. The number of carbonyl (C=O) groups excluding carboxylic acids is 2. The lowest BCUT2D eigenvalue weighted by Gasteiger charge is -2.57. The zero-order chi connectivity index (χ0) is 17.1. The summed E-state index contributed by atoms with van der Waals surface area (Å²) < 4.78 is 5.46. The summed E-state index contributed by atoms with van der Waals surface area (Å²) in [6, 6.07) is 0. The van der Waals surface area contributed by atoms with Gasteiger partial charge in [0.1, 0.15) is 11.9 Å². The smallest absolute Gasteiger partial charge is 0.303 e. The summed E-state index contributed by atoms with van der Waals surface area (Å²) in [7, 11) is 0. The second-order valence-corrected chi connectivity index (χ2v) is 9.13. The molecule has 4 aliphatic carbocycles. The van der Waals surface area contributed by atoms with Crippen molar-refractivity contribution in [1.82, 2.24) is 0 Å². The van der Waals surface area contributed by atoms with Crippen molar-refractivity contribution in [2.24, 2.45) is 28.6 Å². The van der Waals surface area contributed by atoms with Gasteiger partial charge in [0.05, 0.1) is 0 Å². The van der Waals surface area contributed by atoms with Gasteiger partial charge in [0.25, 0.3) is 0 Å². The van der Waals surface area contributed by atoms with Crippen LogP contribution in [0.4, 0.5) is 0 Å². The highest BCUT2D eigenvalue weighted by Gasteiger charge is 2.58. The lowest BCUT2D eigenvalue weighted by atomic mass is 9.47. The Morgan fingerprint density at radius 3 is 2.50 bits per heavy atom. The van der Waals surface area contributed by atoms with Gasteiger partial charge in [-0.2, -0.15) is 0 Å². The number of ketones is 1. The Morgan fingerprint density at radius 2 is 1.75 bits per heavy atom. The van der Waals surface area contributed by atoms with Crippen LogP contribution in [0.25, 0.3) is 0 Å². The van der Waals surface area contributed by atoms with Crippen LogP contribution >= 0.6 is 0 Å². The number of rotatable bonds is 1. The number of ether oxygens (including phenoxy) is 1. The average Bonchev–Trinajstić information content (AvgIpc) is 2.83. The number of carbonyl (C=O) groups is 2. The molecule has 0 N–H and O–H groups in total. The van der Waals surface area contributed by atoms with E-state index in [1.165, 1.54) is 25.3 Å². The molecule has 0 aliphatic heterocycles. The maximum atomic E-state index is 12.5. The molecule has 0 aromatic heterocycles. The number of fused-ring (bicyclic) bond motifs is 5. The fourth-order valence-corrected chi connectivity index (χ4v) is 6.77. The van der Waals surface area contributed by atoms with E-state index in [4.69, 9.17) is 4.74 Å². The number of hydrogen-bond donors (Lipinski definition) is 0. The van der Waals surface area contributed by atoms with Crippen LogP contribution in [0.2, 0.25) is 0 Å². The fourth-order valence-electron chi connectivity index (χ4n) is 6.77. The first-order valence-corrected chi connectivity index (χ1v) is 9.76. The van der Waals surface area contributed by atoms with Crippen LogP contribution in [0.3, 0.4) is 0 Å². The summed E-state index contributed by atoms with van der Waals surface area (Å²) in [5.41, 5.74) is 1.74. The molecule has 4 rings (SSSR count). The molecule has 0 saturated heterocycles. The molecular weight excluding hydrogens is 300 g/mol. The van der Waals surface area contributed by atoms with Gasteiger partial charge in [-0.25, -0.2) is 0 Å². The van der Waals surface area contributed by atoms with E-state index < -0.39 is 0 Å². The van der Waals surface area contributed by atoms with Crippen molar-refractivity contribution in [2.75, 3.05) is 0 Å². The van der Waals surface area contributed by atoms with Crippen molar-refractivity contribution in [1.29, 1.82) is 0 Å². The molecule has 0 aromatic rings. The normalized spacial score (nSPS) is 47.3. The van der Waals surface area contributed by atoms with Crippen LogP contribution < -0.4 is 0 Å². The van der Waals surface area contributed by atoms with Gasteiger partial charge in [-0.05, 0) is 74.2 Å². The van der Waals surface area contributed by atoms with Crippen LogP contribution in [-0.4, -0.2) is 17.9 Å². The van der Waals surface area contributed by atoms with Gasteiger partial charge < -0.3 is 4.74 Å². The van der Waals surface area contributed by atoms with E-state index in [-0.39, 0.29) is 22.9 Å². The van der Waals surface area contributed by atoms with Crippen molar-refractivity contribution in [3.8, 4) is 0 Å². The van der Waals surface area contributed by atoms with Crippen LogP contribution in [0.1, 0.15) is 72.1 Å². The second kappa shape index (κ2) is 5.44. The Labute approximate surface area is 145 Å². The average molecular weight is 330 g/mol. The second-order valence-electron chi connectivity index (χ2n) is 9.13. The predicted octanol–water partition coefficient (Wildman–Crippen LogP) is 4.45. The SMILES string of the molecule is CC(=O)OC1C=C2CC[C@@H]3[C@H](CC[C@]4(C)C(=O)CC[C@@H]34)[C@@]2(C)CC1. The number of esters is 1. The molecule has 3 nitrogen and oxygen atoms in total. The molecule has 0 aromatic carbocycles. The van der Waals surface area contributed by atoms with Crippen LogP contribution in [-0.2, 0) is 14.3 Å². The van der Waals surface area contributed by atoms with Crippen LogP contribution in [0.15, 0.2) is 11.6 Å². The Kier molecular flexibility index (Phi) is 3.71. The van der Waals surface area contributed by atoms with Gasteiger partial charge in [0, 0.05) is 18.8 Å². The van der Waals surface area contributed by atoms with E-state index in [0.717, 1.165) is 38.5 Å². The monoisotopic (exact) mass is 330 g/mol. The first-order chi connectivity index (χ1) is 11.3. The molecule has 0 amide bonds. The van der Waals surface area contributed by atoms with E-state index in [2.05, 4.69) is 19.9 Å². The van der Waals surface area contributed by atoms with Gasteiger partial charge >= 0.3 is 5.97 Å². The van der Waals surface area contributed by atoms with Crippen LogP contribution in [0.5, 0.6) is 0 Å². The third-order valence-electron chi connectivity index (χ3n) is 8.10. The number of Topliss-reactive ketones (excluding diaryl/α,β-unsaturated/α-hetero) is 1. The molecule has 4 aliphatic rings. The summed E-state index contributed by atoms with van der Waals surface area (Å²) in [5, 5.41) is 0. The molecule has 0 bridgehead atoms. The molecule has 0 spiro atoms. The Hall–Kier alpha value is -1.12. The van der Waals surface area contributed by atoms with Crippen molar-refractivity contribution >= 4 is 11.8 Å². The Balaban J connectivity index is 1.61. The fraction of sp³-hybridized carbons (Fsp3) is 0.810. The topological polar surface area (TPSA) is 43.4 Å². The van der Waals surface area contributed by atoms with Gasteiger partial charge in [-0.3, -0.25) is 9.59 Å². The maximum Gasteiger partial charge on any atom is 0.303 e. The summed E-state index contributed by atoms with van der Waals surface area (Å²) in [6.07, 6.45) is 10.8. The standard InChI is InChI=1S/C21H30O3/c1-13(22)24-15-8-10-20(2)14(12-15)4-5-16-17-6-7-19(23)21(17,3)11-9-18(16)20/h12,15-18H,4-11H2,1-3H3/t15?,16-,17-,18-,20-,21-/m0/s1. The molecule has 24 heavy (non-hydrogen) atoms. The summed E-state index contributed by atoms with van der Waals surface area (Å²) in [4.78, 5) is 23.7. The molecule has 3 heteroatoms. The van der Waals surface area contributed by atoms with E-state index in [9.17, 15) is 9.59 Å². The van der Waals surface area contributed by atoms with E-state index in [1.807, 2.05) is 0 Å². The summed E-state index contributed by atoms with van der Waals surface area (Å²) in [6.45, 7) is 6.19. The third-order valence-corrected chi connectivity index (χ3v) is 8.10. The number of hydrogen-bond acceptors (Lipinski definition) is 3. The van der Waals surface area contributed by atoms with Gasteiger partial charge in [0.15, 0.2) is 0 Å². The quantitative estimate of drug-likeness (QED) is 0.527. The van der Waals surface area contributed by atoms with E-state index in [0.29, 0.717) is 23.5 Å². The molecule has 6 atom stereocenters. The van der Waals surface area contributed by atoms with Gasteiger partial charge in [-0.1, -0.05) is 19.4 Å². The van der Waals surface area contributed by atoms with Crippen molar-refractivity contribution in [3.05, 3.63) is 11.6 Å². The lowest BCUT2D eigenvalue weighted by Crippen LogP contribution is -2.50. The first kappa shape index (κ1) is 16.4. The van der Waals surface area contributed by atoms with Gasteiger partial charge in [0.2, 0.25) is 0 Å². The zero-order valence-corrected chi connectivity index (χ0v) is 15.3. The van der Waals surface area contributed by atoms with E-state index >= 15 is 0 Å². The maximum absolute atomic E-state index is 12.5. The highest BCUT2D eigenvalue weighted by molar-refractivity contribution is 5.87. The minimum absolute atomic E-state index is 0.0240. The largest absolute Gasteiger partial charge is 0.458 e. The summed E-state index contributed by atoms with van der Waals surface area (Å²) in [5.74, 6) is 2.37. The predicted molar refractivity (Wildman–Crippen MR) is 92.3 cm³/mol. The van der Waals surface area contributed by atoms with Crippen molar-refractivity contribution < 1.29 is 14.3 Å². The molecule has 3 saturated carbocycles.